The zero-order valence-corrected chi connectivity index (χ0v) is 25.3. The first-order chi connectivity index (χ1) is 15.5. The van der Waals surface area contributed by atoms with Crippen molar-refractivity contribution >= 4 is 51.0 Å². The summed E-state index contributed by atoms with van der Waals surface area (Å²) in [7, 11) is 1.39. The number of hydrogen-bond acceptors (Lipinski definition) is 6. The Labute approximate surface area is 231 Å². The third-order valence-electron chi connectivity index (χ3n) is 5.11. The third kappa shape index (κ3) is 9.78. The van der Waals surface area contributed by atoms with Crippen LogP contribution in [-0.4, -0.2) is 34.7 Å². The van der Waals surface area contributed by atoms with Crippen molar-refractivity contribution in [2.75, 3.05) is 18.6 Å². The van der Waals surface area contributed by atoms with Crippen LogP contribution >= 0.6 is 23.5 Å². The van der Waals surface area contributed by atoms with Crippen LogP contribution < -0.4 is 0 Å². The summed E-state index contributed by atoms with van der Waals surface area (Å²) in [6.07, 6.45) is 0. The van der Waals surface area contributed by atoms with Crippen molar-refractivity contribution < 1.29 is 26.0 Å². The van der Waals surface area contributed by atoms with E-state index in [1.54, 1.807) is 13.8 Å². The van der Waals surface area contributed by atoms with Crippen LogP contribution in [0.5, 0.6) is 0 Å². The molecule has 0 atom stereocenters. The van der Waals surface area contributed by atoms with Gasteiger partial charge in [-0.2, -0.15) is 0 Å². The molecule has 0 spiro atoms. The smallest absolute Gasteiger partial charge is 0.308 e. The first-order valence-corrected chi connectivity index (χ1v) is 13.2. The van der Waals surface area contributed by atoms with Gasteiger partial charge in [0.25, 0.3) is 0 Å². The minimum absolute atomic E-state index is 0. The molecule has 0 N–H and O–H groups in total. The Balaban J connectivity index is 0.00000113. The molecule has 0 saturated carbocycles. The molecule has 196 valence electrons. The fourth-order valence-electron chi connectivity index (χ4n) is 3.70. The molecule has 35 heavy (non-hydrogen) atoms. The van der Waals surface area contributed by atoms with E-state index in [2.05, 4.69) is 70.5 Å². The Morgan fingerprint density at radius 1 is 0.771 bits per heavy atom. The van der Waals surface area contributed by atoms with E-state index >= 15 is 0 Å². The molecule has 0 aromatic heterocycles. The zero-order valence-electron chi connectivity index (χ0n) is 22.6. The standard InChI is InChI=1S/C22H26N2S2.C5H10O2.CH3.Ni/c1-13-9-15(3)19(16(4)10-13)23-21-22(26-8-7-25-21)24-20-17(5)11-14(2)12-18(20)6;1-4(2)5(6)7-3;;/h9-12H,7-8H2,1-6H3;4H,1-3H3;1H3;/q;;-1;. The Morgan fingerprint density at radius 2 is 1.09 bits per heavy atom. The van der Waals surface area contributed by atoms with E-state index in [1.807, 2.05) is 23.5 Å². The average Bonchev–Trinajstić information content (AvgIpc) is 2.73. The van der Waals surface area contributed by atoms with E-state index in [-0.39, 0.29) is 35.8 Å². The molecular weight excluding hydrogens is 519 g/mol. The summed E-state index contributed by atoms with van der Waals surface area (Å²) in [6.45, 7) is 16.4. The molecule has 0 aliphatic carbocycles. The number of rotatable bonds is 3. The summed E-state index contributed by atoms with van der Waals surface area (Å²) in [5, 5.41) is 2.10. The predicted molar refractivity (Wildman–Crippen MR) is 154 cm³/mol. The molecule has 4 nitrogen and oxygen atoms in total. The van der Waals surface area contributed by atoms with E-state index in [0.29, 0.717) is 0 Å². The fourth-order valence-corrected chi connectivity index (χ4v) is 5.75. The van der Waals surface area contributed by atoms with Crippen LogP contribution in [0.2, 0.25) is 0 Å². The first kappa shape index (κ1) is 33.4. The van der Waals surface area contributed by atoms with Gasteiger partial charge in [0, 0.05) is 28.0 Å². The van der Waals surface area contributed by atoms with E-state index in [1.165, 1.54) is 40.5 Å². The Kier molecular flexibility index (Phi) is 14.8. The summed E-state index contributed by atoms with van der Waals surface area (Å²) >= 11 is 3.64. The third-order valence-corrected chi connectivity index (χ3v) is 7.43. The zero-order chi connectivity index (χ0) is 24.7. The van der Waals surface area contributed by atoms with E-state index in [9.17, 15) is 4.79 Å². The molecule has 1 heterocycles. The van der Waals surface area contributed by atoms with Crippen LogP contribution in [0.4, 0.5) is 11.4 Å². The summed E-state index contributed by atoms with van der Waals surface area (Å²) in [6, 6.07) is 8.83. The Hall–Kier alpha value is -1.56. The average molecular weight is 558 g/mol. The monoisotopic (exact) mass is 557 g/mol. The van der Waals surface area contributed by atoms with Crippen molar-refractivity contribution in [2.24, 2.45) is 15.9 Å². The molecular formula is C28H39N2NiO2S2-. The summed E-state index contributed by atoms with van der Waals surface area (Å²) in [5.41, 5.74) is 9.67. The second kappa shape index (κ2) is 15.5. The predicted octanol–water partition coefficient (Wildman–Crippen LogP) is 8.04. The molecule has 1 aliphatic rings. The molecule has 1 fully saturated rings. The van der Waals surface area contributed by atoms with Crippen LogP contribution in [0.1, 0.15) is 47.2 Å². The molecule has 3 rings (SSSR count). The maximum atomic E-state index is 10.3. The Bertz CT molecular complexity index is 957. The van der Waals surface area contributed by atoms with Gasteiger partial charge in [-0.3, -0.25) is 4.79 Å². The number of aliphatic imine (C=N–C) groups is 2. The van der Waals surface area contributed by atoms with Crippen LogP contribution in [0.15, 0.2) is 34.3 Å². The van der Waals surface area contributed by atoms with Gasteiger partial charge in [0.05, 0.1) is 24.4 Å². The van der Waals surface area contributed by atoms with Gasteiger partial charge in [-0.05, 0) is 63.8 Å². The van der Waals surface area contributed by atoms with Gasteiger partial charge in [-0.15, -0.1) is 23.5 Å². The van der Waals surface area contributed by atoms with Gasteiger partial charge in [0.15, 0.2) is 0 Å². The summed E-state index contributed by atoms with van der Waals surface area (Å²) < 4.78 is 4.37. The Morgan fingerprint density at radius 3 is 1.31 bits per heavy atom. The summed E-state index contributed by atoms with van der Waals surface area (Å²) in [5.74, 6) is 2.02. The number of methoxy groups -OCH3 is 1. The number of carbonyl (C=O) groups is 1. The topological polar surface area (TPSA) is 51.0 Å². The molecule has 2 aromatic carbocycles. The van der Waals surface area contributed by atoms with Gasteiger partial charge < -0.3 is 12.2 Å². The number of hydrogen-bond donors (Lipinski definition) is 0. The molecule has 0 radical (unpaired) electrons. The molecule has 1 saturated heterocycles. The van der Waals surface area contributed by atoms with Crippen LogP contribution in [0, 0.1) is 54.9 Å². The van der Waals surface area contributed by atoms with Gasteiger partial charge in [0.1, 0.15) is 10.1 Å². The normalized spacial score (nSPS) is 15.1. The maximum absolute atomic E-state index is 10.3. The molecule has 0 amide bonds. The van der Waals surface area contributed by atoms with Gasteiger partial charge in [-0.25, -0.2) is 9.98 Å². The second-order valence-corrected chi connectivity index (χ2v) is 10.9. The van der Waals surface area contributed by atoms with E-state index < -0.39 is 0 Å². The van der Waals surface area contributed by atoms with Crippen LogP contribution in [0.3, 0.4) is 0 Å². The van der Waals surface area contributed by atoms with E-state index in [4.69, 9.17) is 9.98 Å². The minimum Gasteiger partial charge on any atom is -0.469 e. The van der Waals surface area contributed by atoms with Crippen LogP contribution in [0.25, 0.3) is 0 Å². The van der Waals surface area contributed by atoms with Gasteiger partial charge in [-0.1, -0.05) is 49.2 Å². The maximum Gasteiger partial charge on any atom is 0.308 e. The molecule has 7 heteroatoms. The van der Waals surface area contributed by atoms with Crippen molar-refractivity contribution in [3.8, 4) is 0 Å². The van der Waals surface area contributed by atoms with Crippen molar-refractivity contribution in [3.63, 3.8) is 0 Å². The largest absolute Gasteiger partial charge is 0.469 e. The fraction of sp³-hybridized carbons (Fsp3) is 0.429. The van der Waals surface area contributed by atoms with Crippen molar-refractivity contribution in [3.05, 3.63) is 65.1 Å². The molecule has 0 unspecified atom stereocenters. The first-order valence-electron chi connectivity index (χ1n) is 11.2. The molecule has 1 aliphatic heterocycles. The van der Waals surface area contributed by atoms with Gasteiger partial charge >= 0.3 is 5.97 Å². The number of nitrogens with zero attached hydrogens (tertiary/aromatic N) is 2. The molecule has 2 aromatic rings. The van der Waals surface area contributed by atoms with Crippen molar-refractivity contribution in [2.45, 2.75) is 55.4 Å². The molecule has 0 bridgehead atoms. The number of esters is 1. The number of thioether (sulfide) groups is 2. The van der Waals surface area contributed by atoms with Crippen LogP contribution in [-0.2, 0) is 26.0 Å². The minimum atomic E-state index is -0.153. The van der Waals surface area contributed by atoms with Crippen molar-refractivity contribution in [1.29, 1.82) is 0 Å². The van der Waals surface area contributed by atoms with Crippen molar-refractivity contribution in [1.82, 2.24) is 0 Å². The SMILES string of the molecule is COC(=O)C(C)C.Cc1cc(C)c(N=C2SCCSC2=Nc2c(C)cc(C)cc2C)c(C)c1.[CH3-].[Ni]. The van der Waals surface area contributed by atoms with Gasteiger partial charge in [0.2, 0.25) is 0 Å². The number of ether oxygens (including phenoxy) is 1. The quantitative estimate of drug-likeness (QED) is 0.217. The second-order valence-electron chi connectivity index (χ2n) is 8.70. The number of benzene rings is 2. The summed E-state index contributed by atoms with van der Waals surface area (Å²) in [4.78, 5) is 20.4. The van der Waals surface area contributed by atoms with E-state index in [0.717, 1.165) is 33.0 Å². The number of aryl methyl sites for hydroxylation is 6. The number of carbonyl (C=O) groups excluding carboxylic acids is 1.